The van der Waals surface area contributed by atoms with Gasteiger partial charge in [-0.2, -0.15) is 0 Å². The molecule has 0 unspecified atom stereocenters. The van der Waals surface area contributed by atoms with Crippen LogP contribution in [0.15, 0.2) is 78.9 Å². The molecule has 3 aromatic carbocycles. The van der Waals surface area contributed by atoms with E-state index >= 15 is 0 Å². The Balaban J connectivity index is 1.17. The van der Waals surface area contributed by atoms with E-state index in [2.05, 4.69) is 17.0 Å². The molecule has 0 bridgehead atoms. The molecule has 170 valence electrons. The number of aliphatic hydroxyl groups is 1. The summed E-state index contributed by atoms with van der Waals surface area (Å²) in [7, 11) is 1.66. The SMILES string of the molecule is COc1cccc(-c2ccc(C(=O)CN3C[C@@H]4C[C@](O)(Cc5ccccc5)C[C@@H]4C3)cc2)c1. The zero-order chi connectivity index (χ0) is 22.8. The highest BCUT2D eigenvalue weighted by Gasteiger charge is 2.48. The number of carbonyl (C=O) groups is 1. The molecule has 1 aliphatic heterocycles. The van der Waals surface area contributed by atoms with Gasteiger partial charge in [-0.3, -0.25) is 9.69 Å². The van der Waals surface area contributed by atoms with Gasteiger partial charge >= 0.3 is 0 Å². The van der Waals surface area contributed by atoms with Gasteiger partial charge < -0.3 is 9.84 Å². The van der Waals surface area contributed by atoms with Crippen LogP contribution in [-0.2, 0) is 6.42 Å². The van der Waals surface area contributed by atoms with Gasteiger partial charge in [0.15, 0.2) is 5.78 Å². The first-order chi connectivity index (χ1) is 16.0. The van der Waals surface area contributed by atoms with Gasteiger partial charge in [-0.05, 0) is 53.5 Å². The maximum Gasteiger partial charge on any atom is 0.176 e. The summed E-state index contributed by atoms with van der Waals surface area (Å²) in [5.74, 6) is 1.93. The predicted molar refractivity (Wildman–Crippen MR) is 131 cm³/mol. The molecule has 0 radical (unpaired) electrons. The third kappa shape index (κ3) is 4.87. The molecular weight excluding hydrogens is 410 g/mol. The number of rotatable bonds is 7. The van der Waals surface area contributed by atoms with E-state index < -0.39 is 5.60 Å². The fourth-order valence-electron chi connectivity index (χ4n) is 5.75. The summed E-state index contributed by atoms with van der Waals surface area (Å²) in [5.41, 5.74) is 3.48. The van der Waals surface area contributed by atoms with Crippen LogP contribution >= 0.6 is 0 Å². The zero-order valence-electron chi connectivity index (χ0n) is 19.1. The number of hydrogen-bond acceptors (Lipinski definition) is 4. The maximum atomic E-state index is 12.9. The van der Waals surface area contributed by atoms with Crippen LogP contribution in [-0.4, -0.2) is 48.1 Å². The van der Waals surface area contributed by atoms with Crippen molar-refractivity contribution in [3.63, 3.8) is 0 Å². The lowest BCUT2D eigenvalue weighted by Gasteiger charge is -2.26. The number of nitrogens with zero attached hydrogens (tertiary/aromatic N) is 1. The number of fused-ring (bicyclic) bond motifs is 1. The van der Waals surface area contributed by atoms with Gasteiger partial charge in [0, 0.05) is 25.1 Å². The molecule has 2 aliphatic rings. The Morgan fingerprint density at radius 3 is 2.30 bits per heavy atom. The minimum atomic E-state index is -0.608. The number of ether oxygens (including phenoxy) is 1. The average molecular weight is 442 g/mol. The van der Waals surface area contributed by atoms with E-state index in [0.29, 0.717) is 18.4 Å². The lowest BCUT2D eigenvalue weighted by molar-refractivity contribution is 0.0355. The third-order valence-corrected chi connectivity index (χ3v) is 7.29. The van der Waals surface area contributed by atoms with Crippen LogP contribution in [0.1, 0.15) is 28.8 Å². The standard InChI is InChI=1S/C29H31NO3/c1-33-27-9-5-8-24(14-27)22-10-12-23(13-11-22)28(31)20-30-18-25-16-29(32,17-26(25)19-30)15-21-6-3-2-4-7-21/h2-14,25-26,32H,15-20H2,1H3/t25-,26+,29+. The maximum absolute atomic E-state index is 12.9. The van der Waals surface area contributed by atoms with Crippen LogP contribution in [0.4, 0.5) is 0 Å². The summed E-state index contributed by atoms with van der Waals surface area (Å²) in [6.45, 7) is 2.24. The van der Waals surface area contributed by atoms with Gasteiger partial charge in [-0.25, -0.2) is 0 Å². The van der Waals surface area contributed by atoms with Crippen LogP contribution in [0.5, 0.6) is 5.75 Å². The second-order valence-electron chi connectivity index (χ2n) is 9.74. The Kier molecular flexibility index (Phi) is 6.05. The Bertz CT molecular complexity index is 1100. The summed E-state index contributed by atoms with van der Waals surface area (Å²) in [6.07, 6.45) is 2.37. The highest BCUT2D eigenvalue weighted by atomic mass is 16.5. The van der Waals surface area contributed by atoms with Crippen molar-refractivity contribution >= 4 is 5.78 Å². The molecule has 0 amide bonds. The van der Waals surface area contributed by atoms with Crippen molar-refractivity contribution in [3.8, 4) is 16.9 Å². The lowest BCUT2D eigenvalue weighted by atomic mass is 9.91. The molecule has 4 nitrogen and oxygen atoms in total. The first-order valence-corrected chi connectivity index (χ1v) is 11.8. The average Bonchev–Trinajstić information content (AvgIpc) is 3.33. The second kappa shape index (κ2) is 9.12. The molecule has 2 fully saturated rings. The molecule has 1 saturated carbocycles. The molecule has 4 heteroatoms. The monoisotopic (exact) mass is 441 g/mol. The van der Waals surface area contributed by atoms with E-state index in [0.717, 1.165) is 54.8 Å². The van der Waals surface area contributed by atoms with E-state index in [-0.39, 0.29) is 5.78 Å². The quantitative estimate of drug-likeness (QED) is 0.532. The number of benzene rings is 3. The van der Waals surface area contributed by atoms with Gasteiger partial charge in [0.2, 0.25) is 0 Å². The van der Waals surface area contributed by atoms with Crippen LogP contribution in [0.2, 0.25) is 0 Å². The van der Waals surface area contributed by atoms with Crippen LogP contribution in [0.25, 0.3) is 11.1 Å². The van der Waals surface area contributed by atoms with E-state index in [4.69, 9.17) is 4.74 Å². The normalized spacial score (nSPS) is 24.5. The Morgan fingerprint density at radius 2 is 1.64 bits per heavy atom. The Hall–Kier alpha value is -2.95. The Morgan fingerprint density at radius 1 is 0.939 bits per heavy atom. The van der Waals surface area contributed by atoms with E-state index in [9.17, 15) is 9.90 Å². The number of likely N-dealkylation sites (tertiary alicyclic amines) is 1. The molecule has 0 aromatic heterocycles. The van der Waals surface area contributed by atoms with Crippen molar-refractivity contribution in [2.45, 2.75) is 24.9 Å². The van der Waals surface area contributed by atoms with Crippen molar-refractivity contribution in [3.05, 3.63) is 90.0 Å². The third-order valence-electron chi connectivity index (χ3n) is 7.29. The van der Waals surface area contributed by atoms with Crippen molar-refractivity contribution in [1.29, 1.82) is 0 Å². The molecule has 0 spiro atoms. The van der Waals surface area contributed by atoms with Crippen molar-refractivity contribution in [2.24, 2.45) is 11.8 Å². The summed E-state index contributed by atoms with van der Waals surface area (Å²) in [4.78, 5) is 15.2. The largest absolute Gasteiger partial charge is 0.497 e. The number of carbonyl (C=O) groups excluding carboxylic acids is 1. The number of Topliss-reactive ketones (excluding diaryl/α,β-unsaturated/α-hetero) is 1. The number of ketones is 1. The number of methoxy groups -OCH3 is 1. The van der Waals surface area contributed by atoms with Gasteiger partial charge in [0.1, 0.15) is 5.75 Å². The van der Waals surface area contributed by atoms with Crippen molar-refractivity contribution in [2.75, 3.05) is 26.7 Å². The van der Waals surface area contributed by atoms with Crippen LogP contribution < -0.4 is 4.74 Å². The molecule has 3 aromatic rings. The first kappa shape index (κ1) is 21.9. The van der Waals surface area contributed by atoms with Gasteiger partial charge in [0.25, 0.3) is 0 Å². The molecular formula is C29H31NO3. The van der Waals surface area contributed by atoms with Gasteiger partial charge in [-0.1, -0.05) is 66.7 Å². The van der Waals surface area contributed by atoms with E-state index in [1.165, 1.54) is 5.56 Å². The zero-order valence-corrected chi connectivity index (χ0v) is 19.1. The van der Waals surface area contributed by atoms with Crippen LogP contribution in [0.3, 0.4) is 0 Å². The fraction of sp³-hybridized carbons (Fsp3) is 0.345. The molecule has 1 N–H and O–H groups in total. The fourth-order valence-corrected chi connectivity index (χ4v) is 5.75. The molecule has 3 atom stereocenters. The molecule has 1 aliphatic carbocycles. The minimum absolute atomic E-state index is 0.159. The summed E-state index contributed by atoms with van der Waals surface area (Å²) in [6, 6.07) is 26.1. The second-order valence-corrected chi connectivity index (χ2v) is 9.74. The summed E-state index contributed by atoms with van der Waals surface area (Å²) >= 11 is 0. The van der Waals surface area contributed by atoms with E-state index in [1.54, 1.807) is 7.11 Å². The summed E-state index contributed by atoms with van der Waals surface area (Å²) < 4.78 is 5.31. The van der Waals surface area contributed by atoms with Gasteiger partial charge in [0.05, 0.1) is 19.3 Å². The van der Waals surface area contributed by atoms with E-state index in [1.807, 2.05) is 66.7 Å². The predicted octanol–water partition coefficient (Wildman–Crippen LogP) is 4.86. The smallest absolute Gasteiger partial charge is 0.176 e. The first-order valence-electron chi connectivity index (χ1n) is 11.8. The van der Waals surface area contributed by atoms with Gasteiger partial charge in [-0.15, -0.1) is 0 Å². The summed E-state index contributed by atoms with van der Waals surface area (Å²) in [5, 5.41) is 11.2. The molecule has 1 heterocycles. The van der Waals surface area contributed by atoms with Crippen LogP contribution in [0, 0.1) is 11.8 Å². The highest BCUT2D eigenvalue weighted by Crippen LogP contribution is 2.45. The Labute approximate surface area is 195 Å². The number of hydrogen-bond donors (Lipinski definition) is 1. The topological polar surface area (TPSA) is 49.8 Å². The molecule has 1 saturated heterocycles. The lowest BCUT2D eigenvalue weighted by Crippen LogP contribution is -2.34. The molecule has 5 rings (SSSR count). The van der Waals surface area contributed by atoms with Crippen molar-refractivity contribution < 1.29 is 14.6 Å². The minimum Gasteiger partial charge on any atom is -0.497 e. The van der Waals surface area contributed by atoms with Crippen molar-refractivity contribution in [1.82, 2.24) is 4.90 Å². The molecule has 33 heavy (non-hydrogen) atoms. The highest BCUT2D eigenvalue weighted by molar-refractivity contribution is 5.98.